The van der Waals surface area contributed by atoms with Gasteiger partial charge in [-0.3, -0.25) is 0 Å². The third-order valence-electron chi connectivity index (χ3n) is 2.77. The lowest BCUT2D eigenvalue weighted by molar-refractivity contribution is 0.529. The summed E-state index contributed by atoms with van der Waals surface area (Å²) in [6.07, 6.45) is 0. The van der Waals surface area contributed by atoms with Crippen molar-refractivity contribution in [3.8, 4) is 0 Å². The molecule has 0 aromatic heterocycles. The molecule has 0 saturated heterocycles. The Morgan fingerprint density at radius 1 is 0.706 bits per heavy atom. The molecule has 0 saturated carbocycles. The van der Waals surface area contributed by atoms with Crippen LogP contribution in [-0.4, -0.2) is 6.04 Å². The van der Waals surface area contributed by atoms with Gasteiger partial charge in [0.2, 0.25) is 0 Å². The molecule has 2 aromatic rings. The minimum Gasteiger partial charge on any atom is -0.304 e. The standard InChI is InChI=1S/C16H19N/c1-13(2)17-16(14-9-5-3-6-10-14)15-11-7-4-8-12-15/h3-13,16-17H,1-2H3/i16-1. The molecule has 0 radical (unpaired) electrons. The third kappa shape index (κ3) is 3.18. The molecule has 1 heteroatoms. The highest BCUT2D eigenvalue weighted by Gasteiger charge is 2.13. The first kappa shape index (κ1) is 11.9. The van der Waals surface area contributed by atoms with Crippen molar-refractivity contribution in [1.29, 1.82) is 0 Å². The zero-order valence-electron chi connectivity index (χ0n) is 10.4. The second-order valence-corrected chi connectivity index (χ2v) is 4.58. The minimum atomic E-state index is 0.275. The summed E-state index contributed by atoms with van der Waals surface area (Å²) in [5, 5.41) is 3.61. The van der Waals surface area contributed by atoms with Gasteiger partial charge in [-0.15, -0.1) is 0 Å². The summed E-state index contributed by atoms with van der Waals surface area (Å²) in [5.41, 5.74) is 2.62. The Morgan fingerprint density at radius 2 is 1.12 bits per heavy atom. The molecule has 0 heterocycles. The Balaban J connectivity index is 2.32. The average Bonchev–Trinajstić information content (AvgIpc) is 2.38. The van der Waals surface area contributed by atoms with E-state index in [2.05, 4.69) is 79.8 Å². The van der Waals surface area contributed by atoms with Gasteiger partial charge >= 0.3 is 0 Å². The molecular formula is C16H19N. The van der Waals surface area contributed by atoms with Gasteiger partial charge in [-0.1, -0.05) is 60.7 Å². The van der Waals surface area contributed by atoms with Crippen LogP contribution in [0.2, 0.25) is 0 Å². The van der Waals surface area contributed by atoms with E-state index < -0.39 is 0 Å². The summed E-state index contributed by atoms with van der Waals surface area (Å²) in [5.74, 6) is 0. The van der Waals surface area contributed by atoms with Crippen LogP contribution in [0, 0.1) is 0 Å². The van der Waals surface area contributed by atoms with Crippen molar-refractivity contribution in [2.45, 2.75) is 25.9 Å². The fourth-order valence-corrected chi connectivity index (χ4v) is 2.01. The van der Waals surface area contributed by atoms with Gasteiger partial charge in [-0.2, -0.15) is 0 Å². The third-order valence-corrected chi connectivity index (χ3v) is 2.77. The van der Waals surface area contributed by atoms with Crippen LogP contribution in [0.5, 0.6) is 0 Å². The van der Waals surface area contributed by atoms with Gasteiger partial charge in [0.15, 0.2) is 0 Å². The first-order chi connectivity index (χ1) is 8.27. The quantitative estimate of drug-likeness (QED) is 0.833. The molecule has 0 aliphatic carbocycles. The van der Waals surface area contributed by atoms with Crippen LogP contribution < -0.4 is 5.32 Å². The van der Waals surface area contributed by atoms with Crippen LogP contribution in [0.1, 0.15) is 31.0 Å². The lowest BCUT2D eigenvalue weighted by atomic mass is 9.61. The summed E-state index contributed by atoms with van der Waals surface area (Å²) in [7, 11) is 0. The second kappa shape index (κ2) is 5.65. The van der Waals surface area contributed by atoms with Gasteiger partial charge in [-0.05, 0) is 25.0 Å². The molecule has 0 aliphatic rings. The monoisotopic (exact) mass is 224 g/mol. The summed E-state index contributed by atoms with van der Waals surface area (Å²) in [6, 6.07) is 21.9. The molecule has 2 rings (SSSR count). The first-order valence-corrected chi connectivity index (χ1v) is 6.13. The van der Waals surface area contributed by atoms with E-state index >= 15 is 0 Å². The molecule has 0 bridgehead atoms. The normalized spacial score (nSPS) is 11.1. The van der Waals surface area contributed by atoms with E-state index in [9.17, 15) is 0 Å². The fraction of sp³-hybridized carbons (Fsp3) is 0.250. The van der Waals surface area contributed by atoms with Crippen molar-refractivity contribution in [2.75, 3.05) is 0 Å². The largest absolute Gasteiger partial charge is 0.304 e. The highest BCUT2D eigenvalue weighted by molar-refractivity contribution is 5.31. The highest BCUT2D eigenvalue weighted by Crippen LogP contribution is 2.22. The van der Waals surface area contributed by atoms with Crippen LogP contribution in [0.4, 0.5) is 0 Å². The Bertz CT molecular complexity index is 394. The molecular weight excluding hydrogens is 205 g/mol. The maximum Gasteiger partial charge on any atom is 0.0578 e. The van der Waals surface area contributed by atoms with Crippen molar-refractivity contribution < 1.29 is 0 Å². The molecule has 17 heavy (non-hydrogen) atoms. The zero-order valence-corrected chi connectivity index (χ0v) is 10.4. The molecule has 88 valence electrons. The van der Waals surface area contributed by atoms with E-state index in [0.29, 0.717) is 6.04 Å². The molecule has 0 spiro atoms. The molecule has 2 aromatic carbocycles. The van der Waals surface area contributed by atoms with Crippen LogP contribution in [0.15, 0.2) is 60.7 Å². The first-order valence-electron chi connectivity index (χ1n) is 6.13. The fourth-order valence-electron chi connectivity index (χ4n) is 2.01. The minimum absolute atomic E-state index is 0.275. The number of rotatable bonds is 4. The smallest absolute Gasteiger partial charge is 0.0578 e. The Labute approximate surface area is 103 Å². The lowest BCUT2D eigenvalue weighted by Crippen LogP contribution is -2.28. The zero-order chi connectivity index (χ0) is 12.1. The van der Waals surface area contributed by atoms with E-state index in [-0.39, 0.29) is 6.04 Å². The molecule has 0 unspecified atom stereocenters. The highest BCUT2D eigenvalue weighted by atomic mass is 14.8. The SMILES string of the molecule is CC(C)N[11CH](c1ccccc1)c1ccccc1. The second-order valence-electron chi connectivity index (χ2n) is 4.58. The molecule has 1 nitrogen and oxygen atoms in total. The van der Waals surface area contributed by atoms with Crippen molar-refractivity contribution >= 4 is 0 Å². The average molecular weight is 224 g/mol. The van der Waals surface area contributed by atoms with E-state index in [4.69, 9.17) is 0 Å². The van der Waals surface area contributed by atoms with E-state index in [1.165, 1.54) is 11.1 Å². The lowest BCUT2D eigenvalue weighted by Gasteiger charge is -2.22. The van der Waals surface area contributed by atoms with Crippen molar-refractivity contribution in [1.82, 2.24) is 5.32 Å². The van der Waals surface area contributed by atoms with E-state index in [1.54, 1.807) is 0 Å². The Hall–Kier alpha value is -1.60. The maximum absolute atomic E-state index is 3.61. The van der Waals surface area contributed by atoms with Gasteiger partial charge in [0.1, 0.15) is 0 Å². The number of hydrogen-bond donors (Lipinski definition) is 1. The molecule has 1 N–H and O–H groups in total. The topological polar surface area (TPSA) is 12.0 Å². The molecule has 0 amide bonds. The summed E-state index contributed by atoms with van der Waals surface area (Å²) in [6.45, 7) is 4.36. The van der Waals surface area contributed by atoms with Crippen molar-refractivity contribution in [3.63, 3.8) is 0 Å². The van der Waals surface area contributed by atoms with Crippen molar-refractivity contribution in [2.24, 2.45) is 0 Å². The Morgan fingerprint density at radius 3 is 1.47 bits per heavy atom. The van der Waals surface area contributed by atoms with Gasteiger partial charge in [0, 0.05) is 6.04 Å². The van der Waals surface area contributed by atoms with Gasteiger partial charge in [0.05, 0.1) is 6.04 Å². The van der Waals surface area contributed by atoms with Crippen LogP contribution in [0.3, 0.4) is 0 Å². The van der Waals surface area contributed by atoms with Gasteiger partial charge in [-0.25, -0.2) is 0 Å². The maximum atomic E-state index is 3.61. The predicted octanol–water partition coefficient (Wildman–Crippen LogP) is 3.77. The van der Waals surface area contributed by atoms with E-state index in [1.807, 2.05) is 0 Å². The van der Waals surface area contributed by atoms with Gasteiger partial charge in [0.25, 0.3) is 0 Å². The predicted molar refractivity (Wildman–Crippen MR) is 73.0 cm³/mol. The van der Waals surface area contributed by atoms with Crippen LogP contribution in [-0.2, 0) is 0 Å². The number of hydrogen-bond acceptors (Lipinski definition) is 1. The Kier molecular flexibility index (Phi) is 3.94. The summed E-state index contributed by atoms with van der Waals surface area (Å²) >= 11 is 0. The van der Waals surface area contributed by atoms with Crippen LogP contribution >= 0.6 is 0 Å². The molecule has 0 fully saturated rings. The summed E-state index contributed by atoms with van der Waals surface area (Å²) < 4.78 is 0. The molecule has 0 atom stereocenters. The summed E-state index contributed by atoms with van der Waals surface area (Å²) in [4.78, 5) is 0. The van der Waals surface area contributed by atoms with Crippen molar-refractivity contribution in [3.05, 3.63) is 71.8 Å². The number of benzene rings is 2. The van der Waals surface area contributed by atoms with Crippen LogP contribution in [0.25, 0.3) is 0 Å². The van der Waals surface area contributed by atoms with Gasteiger partial charge < -0.3 is 5.32 Å². The number of nitrogens with one attached hydrogen (secondary N) is 1. The molecule has 0 aliphatic heterocycles. The van der Waals surface area contributed by atoms with E-state index in [0.717, 1.165) is 0 Å².